The molecule has 0 aliphatic heterocycles. The molecule has 0 unspecified atom stereocenters. The van der Waals surface area contributed by atoms with Gasteiger partial charge >= 0.3 is 6.15 Å². The SMILES string of the molecule is CC.Cc1nnc2cc[c-]cn12.O=C=O.[Y].[c-]1ccccc1. The van der Waals surface area contributed by atoms with Crippen molar-refractivity contribution in [3.8, 4) is 0 Å². The zero-order valence-corrected chi connectivity index (χ0v) is 15.7. The standard InChI is InChI=1S/C7H6N3.C6H5.C2H6.CO2.Y/c1-6-8-9-7-4-2-3-5-10(6)7;1-2-4-6-5-3-1;1-2;2-1-3;/h2,4-5H,1H3;1-5H;1-2H3;;/q2*-1;;;. The van der Waals surface area contributed by atoms with Gasteiger partial charge in [0.05, 0.1) is 5.65 Å². The number of rotatable bonds is 0. The minimum atomic E-state index is 0. The molecule has 0 saturated heterocycles. The van der Waals surface area contributed by atoms with Crippen LogP contribution in [0.15, 0.2) is 48.7 Å². The van der Waals surface area contributed by atoms with Crippen LogP contribution in [0.2, 0.25) is 0 Å². The van der Waals surface area contributed by atoms with Crippen molar-refractivity contribution < 1.29 is 42.3 Å². The fourth-order valence-electron chi connectivity index (χ4n) is 1.24. The van der Waals surface area contributed by atoms with Crippen LogP contribution < -0.4 is 0 Å². The monoisotopic (exact) mass is 372 g/mol. The first-order valence-electron chi connectivity index (χ1n) is 6.37. The summed E-state index contributed by atoms with van der Waals surface area (Å²) >= 11 is 0. The second-order valence-corrected chi connectivity index (χ2v) is 3.27. The van der Waals surface area contributed by atoms with Crippen molar-refractivity contribution in [1.82, 2.24) is 14.6 Å². The Hall–Kier alpha value is -1.68. The normalized spacial score (nSPS) is 7.59. The van der Waals surface area contributed by atoms with Crippen LogP contribution in [-0.2, 0) is 42.3 Å². The van der Waals surface area contributed by atoms with Crippen molar-refractivity contribution in [2.45, 2.75) is 20.8 Å². The maximum Gasteiger partial charge on any atom is 0.373 e. The fourth-order valence-corrected chi connectivity index (χ4v) is 1.24. The van der Waals surface area contributed by atoms with Gasteiger partial charge in [-0.05, 0) is 6.92 Å². The van der Waals surface area contributed by atoms with Gasteiger partial charge in [0, 0.05) is 32.7 Å². The molecule has 1 radical (unpaired) electrons. The zero-order valence-electron chi connectivity index (χ0n) is 12.9. The molecule has 0 N–H and O–H groups in total. The van der Waals surface area contributed by atoms with Gasteiger partial charge in [0.1, 0.15) is 5.82 Å². The molecule has 2 aromatic heterocycles. The van der Waals surface area contributed by atoms with Crippen molar-refractivity contribution in [1.29, 1.82) is 0 Å². The second-order valence-electron chi connectivity index (χ2n) is 3.27. The molecule has 5 nitrogen and oxygen atoms in total. The van der Waals surface area contributed by atoms with E-state index in [0.717, 1.165) is 11.5 Å². The van der Waals surface area contributed by atoms with Gasteiger partial charge in [-0.15, -0.1) is 5.10 Å². The molecule has 0 aliphatic rings. The largest absolute Gasteiger partial charge is 0.373 e. The van der Waals surface area contributed by atoms with E-state index in [9.17, 15) is 0 Å². The third kappa shape index (κ3) is 9.29. The van der Waals surface area contributed by atoms with Gasteiger partial charge in [-0.2, -0.15) is 57.2 Å². The average molecular weight is 372 g/mol. The van der Waals surface area contributed by atoms with Crippen molar-refractivity contribution in [3.05, 3.63) is 66.6 Å². The van der Waals surface area contributed by atoms with E-state index in [1.165, 1.54) is 0 Å². The Labute approximate surface area is 155 Å². The summed E-state index contributed by atoms with van der Waals surface area (Å²) in [6.07, 6.45) is 2.07. The Balaban J connectivity index is 0. The van der Waals surface area contributed by atoms with Crippen molar-refractivity contribution in [2.24, 2.45) is 0 Å². The number of pyridine rings is 1. The van der Waals surface area contributed by atoms with Crippen LogP contribution in [0.25, 0.3) is 5.65 Å². The smallest absolute Gasteiger partial charge is 0.321 e. The Bertz CT molecular complexity index is 609. The van der Waals surface area contributed by atoms with Gasteiger partial charge in [-0.25, -0.2) is 12.1 Å². The molecule has 0 saturated carbocycles. The van der Waals surface area contributed by atoms with E-state index in [-0.39, 0.29) is 38.9 Å². The number of fused-ring (bicyclic) bond motifs is 1. The molecule has 1 aromatic carbocycles. The van der Waals surface area contributed by atoms with Crippen LogP contribution in [0.5, 0.6) is 0 Å². The molecule has 0 atom stereocenters. The minimum Gasteiger partial charge on any atom is -0.321 e. The molecule has 3 rings (SSSR count). The first-order chi connectivity index (χ1) is 10.3. The minimum absolute atomic E-state index is 0. The summed E-state index contributed by atoms with van der Waals surface area (Å²) < 4.78 is 1.89. The van der Waals surface area contributed by atoms with E-state index in [1.807, 2.05) is 73.8 Å². The molecule has 22 heavy (non-hydrogen) atoms. The third-order valence-corrected chi connectivity index (χ3v) is 2.03. The fraction of sp³-hybridized carbons (Fsp3) is 0.188. The van der Waals surface area contributed by atoms with Crippen LogP contribution in [-0.4, -0.2) is 20.7 Å². The van der Waals surface area contributed by atoms with E-state index in [0.29, 0.717) is 0 Å². The molecule has 0 bridgehead atoms. The molecule has 6 heteroatoms. The van der Waals surface area contributed by atoms with Crippen LogP contribution in [0.4, 0.5) is 0 Å². The Morgan fingerprint density at radius 2 is 1.59 bits per heavy atom. The summed E-state index contributed by atoms with van der Waals surface area (Å²) in [7, 11) is 0. The maximum atomic E-state index is 8.12. The molecule has 0 amide bonds. The van der Waals surface area contributed by atoms with E-state index in [2.05, 4.69) is 22.3 Å². The quantitative estimate of drug-likeness (QED) is 0.570. The van der Waals surface area contributed by atoms with Gasteiger partial charge in [0.2, 0.25) is 0 Å². The average Bonchev–Trinajstić information content (AvgIpc) is 2.94. The molecular weight excluding hydrogens is 355 g/mol. The zero-order chi connectivity index (χ0) is 15.9. The summed E-state index contributed by atoms with van der Waals surface area (Å²) in [5.41, 5.74) is 0.872. The number of benzene rings is 1. The van der Waals surface area contributed by atoms with Gasteiger partial charge in [-0.1, -0.05) is 20.0 Å². The topological polar surface area (TPSA) is 64.3 Å². The molecule has 0 fully saturated rings. The van der Waals surface area contributed by atoms with Crippen LogP contribution in [0, 0.1) is 19.1 Å². The Morgan fingerprint density at radius 3 is 2.00 bits per heavy atom. The first-order valence-corrected chi connectivity index (χ1v) is 6.37. The van der Waals surface area contributed by atoms with E-state index in [1.54, 1.807) is 0 Å². The molecule has 3 aromatic rings. The van der Waals surface area contributed by atoms with Crippen LogP contribution in [0.3, 0.4) is 0 Å². The van der Waals surface area contributed by atoms with Gasteiger partial charge in [0.25, 0.3) is 0 Å². The maximum absolute atomic E-state index is 8.12. The number of hydrogen-bond donors (Lipinski definition) is 0. The summed E-state index contributed by atoms with van der Waals surface area (Å²) in [6.45, 7) is 5.91. The first kappa shape index (κ1) is 22.6. The number of nitrogens with zero attached hydrogens (tertiary/aromatic N) is 3. The molecule has 2 heterocycles. The number of hydrogen-bond acceptors (Lipinski definition) is 4. The molecular formula is C16H17N3O2Y-2. The van der Waals surface area contributed by atoms with E-state index in [4.69, 9.17) is 9.59 Å². The molecule has 113 valence electrons. The van der Waals surface area contributed by atoms with Crippen molar-refractivity contribution in [2.75, 3.05) is 0 Å². The van der Waals surface area contributed by atoms with Gasteiger partial charge in [-0.3, -0.25) is 0 Å². The van der Waals surface area contributed by atoms with E-state index >= 15 is 0 Å². The predicted molar refractivity (Wildman–Crippen MR) is 78.2 cm³/mol. The van der Waals surface area contributed by atoms with Crippen molar-refractivity contribution >= 4 is 11.8 Å². The molecule has 0 aliphatic carbocycles. The summed E-state index contributed by atoms with van der Waals surface area (Å²) in [4.78, 5) is 16.2. The number of carbonyl (C=O) groups excluding carboxylic acids is 2. The predicted octanol–water partition coefficient (Wildman–Crippen LogP) is 2.76. The van der Waals surface area contributed by atoms with Crippen molar-refractivity contribution in [3.63, 3.8) is 0 Å². The summed E-state index contributed by atoms with van der Waals surface area (Å²) in [5.74, 6) is 0.895. The summed E-state index contributed by atoms with van der Waals surface area (Å²) in [6, 6.07) is 19.1. The van der Waals surface area contributed by atoms with E-state index < -0.39 is 0 Å². The summed E-state index contributed by atoms with van der Waals surface area (Å²) in [5, 5.41) is 7.80. The molecule has 0 spiro atoms. The Kier molecular flexibility index (Phi) is 16.1. The second kappa shape index (κ2) is 15.7. The number of aromatic nitrogens is 3. The number of aryl methyl sites for hydroxylation is 1. The van der Waals surface area contributed by atoms with Crippen LogP contribution >= 0.6 is 0 Å². The third-order valence-electron chi connectivity index (χ3n) is 2.03. The van der Waals surface area contributed by atoms with Gasteiger partial charge < -0.3 is 4.40 Å². The van der Waals surface area contributed by atoms with Crippen LogP contribution in [0.1, 0.15) is 19.7 Å². The van der Waals surface area contributed by atoms with Gasteiger partial charge in [0.15, 0.2) is 0 Å². The Morgan fingerprint density at radius 1 is 1.00 bits per heavy atom.